The van der Waals surface area contributed by atoms with E-state index in [0.29, 0.717) is 18.1 Å². The van der Waals surface area contributed by atoms with Crippen molar-refractivity contribution >= 4 is 11.6 Å². The first-order valence-corrected chi connectivity index (χ1v) is 6.81. The van der Waals surface area contributed by atoms with Gasteiger partial charge in [0.05, 0.1) is 12.2 Å². The van der Waals surface area contributed by atoms with Gasteiger partial charge < -0.3 is 9.64 Å². The van der Waals surface area contributed by atoms with Crippen molar-refractivity contribution in [3.63, 3.8) is 0 Å². The number of epoxide rings is 1. The summed E-state index contributed by atoms with van der Waals surface area (Å²) in [7, 11) is 3.72. The Morgan fingerprint density at radius 3 is 2.65 bits per heavy atom. The second-order valence-electron chi connectivity index (χ2n) is 5.46. The van der Waals surface area contributed by atoms with Crippen LogP contribution in [0.5, 0.6) is 0 Å². The first kappa shape index (κ1) is 13.1. The molecule has 0 radical (unpaired) electrons. The van der Waals surface area contributed by atoms with E-state index < -0.39 is 0 Å². The normalized spacial score (nSPS) is 33.3. The van der Waals surface area contributed by atoms with E-state index in [-0.39, 0.29) is 12.0 Å². The van der Waals surface area contributed by atoms with Gasteiger partial charge in [-0.25, -0.2) is 5.01 Å². The third kappa shape index (κ3) is 2.08. The Labute approximate surface area is 118 Å². The first-order chi connectivity index (χ1) is 9.49. The predicted molar refractivity (Wildman–Crippen MR) is 76.8 cm³/mol. The minimum absolute atomic E-state index is 0.00728. The van der Waals surface area contributed by atoms with Crippen molar-refractivity contribution < 1.29 is 9.53 Å². The van der Waals surface area contributed by atoms with Crippen molar-refractivity contribution in [3.8, 4) is 0 Å². The molecule has 20 heavy (non-hydrogen) atoms. The molecule has 5 nitrogen and oxygen atoms in total. The Kier molecular flexibility index (Phi) is 3.01. The molecule has 2 unspecified atom stereocenters. The Morgan fingerprint density at radius 2 is 2.10 bits per heavy atom. The lowest BCUT2D eigenvalue weighted by Gasteiger charge is -2.17. The lowest BCUT2D eigenvalue weighted by Crippen LogP contribution is -2.18. The summed E-state index contributed by atoms with van der Waals surface area (Å²) in [6.07, 6.45) is 6.10. The van der Waals surface area contributed by atoms with Gasteiger partial charge in [0.15, 0.2) is 0 Å². The van der Waals surface area contributed by atoms with Crippen LogP contribution in [0.25, 0.3) is 0 Å². The van der Waals surface area contributed by atoms with E-state index in [1.807, 2.05) is 19.2 Å². The second-order valence-corrected chi connectivity index (χ2v) is 5.46. The number of allylic oxidation sites excluding steroid dienone is 4. The lowest BCUT2D eigenvalue weighted by molar-refractivity contribution is -0.124. The van der Waals surface area contributed by atoms with E-state index >= 15 is 0 Å². The molecule has 1 fully saturated rings. The van der Waals surface area contributed by atoms with Crippen LogP contribution < -0.4 is 0 Å². The van der Waals surface area contributed by atoms with Crippen molar-refractivity contribution in [1.82, 2.24) is 9.91 Å². The number of amides is 1. The van der Waals surface area contributed by atoms with E-state index in [9.17, 15) is 4.79 Å². The van der Waals surface area contributed by atoms with E-state index in [4.69, 9.17) is 4.74 Å². The fraction of sp³-hybridized carbons (Fsp3) is 0.467. The molecule has 106 valence electrons. The summed E-state index contributed by atoms with van der Waals surface area (Å²) in [4.78, 5) is 14.3. The predicted octanol–water partition coefficient (Wildman–Crippen LogP) is 1.51. The molecule has 0 saturated carbocycles. The van der Waals surface area contributed by atoms with Crippen LogP contribution in [0.15, 0.2) is 40.3 Å². The van der Waals surface area contributed by atoms with Gasteiger partial charge in [0.1, 0.15) is 11.8 Å². The van der Waals surface area contributed by atoms with Crippen molar-refractivity contribution in [1.29, 1.82) is 0 Å². The average molecular weight is 273 g/mol. The van der Waals surface area contributed by atoms with Crippen LogP contribution in [0.3, 0.4) is 0 Å². The summed E-state index contributed by atoms with van der Waals surface area (Å²) in [5, 5.41) is 5.64. The van der Waals surface area contributed by atoms with Crippen LogP contribution in [0, 0.1) is 5.92 Å². The van der Waals surface area contributed by atoms with Crippen LogP contribution in [-0.2, 0) is 9.53 Å². The Balaban J connectivity index is 1.89. The molecule has 1 amide bonds. The highest BCUT2D eigenvalue weighted by molar-refractivity contribution is 6.26. The monoisotopic (exact) mass is 273 g/mol. The molecule has 0 aromatic carbocycles. The molecule has 2 atom stereocenters. The van der Waals surface area contributed by atoms with Gasteiger partial charge in [-0.3, -0.25) is 4.79 Å². The van der Waals surface area contributed by atoms with Gasteiger partial charge >= 0.3 is 0 Å². The second kappa shape index (κ2) is 4.59. The minimum atomic E-state index is -0.0645. The fourth-order valence-corrected chi connectivity index (χ4v) is 2.65. The molecule has 3 heterocycles. The molecule has 5 heteroatoms. The minimum Gasteiger partial charge on any atom is -0.366 e. The molecular weight excluding hydrogens is 254 g/mol. The number of hydrogen-bond donors (Lipinski definition) is 0. The highest BCUT2D eigenvalue weighted by Crippen LogP contribution is 2.29. The maximum Gasteiger partial charge on any atom is 0.275 e. The lowest BCUT2D eigenvalue weighted by atomic mass is 10.1. The quantitative estimate of drug-likeness (QED) is 0.566. The van der Waals surface area contributed by atoms with Gasteiger partial charge in [0.25, 0.3) is 5.91 Å². The van der Waals surface area contributed by atoms with Gasteiger partial charge in [0.2, 0.25) is 0 Å². The molecule has 0 bridgehead atoms. The van der Waals surface area contributed by atoms with Gasteiger partial charge in [-0.15, -0.1) is 0 Å². The largest absolute Gasteiger partial charge is 0.366 e. The van der Waals surface area contributed by atoms with E-state index in [2.05, 4.69) is 29.9 Å². The maximum atomic E-state index is 12.1. The molecule has 3 rings (SSSR count). The molecule has 0 aliphatic carbocycles. The average Bonchev–Trinajstić information content (AvgIpc) is 3.16. The van der Waals surface area contributed by atoms with Gasteiger partial charge in [-0.05, 0) is 19.1 Å². The van der Waals surface area contributed by atoms with Crippen molar-refractivity contribution in [3.05, 3.63) is 35.2 Å². The molecule has 0 spiro atoms. The molecule has 1 saturated heterocycles. The van der Waals surface area contributed by atoms with Crippen LogP contribution in [0.4, 0.5) is 0 Å². The molecule has 0 aromatic rings. The number of hydrogen-bond acceptors (Lipinski definition) is 4. The molecule has 0 aromatic heterocycles. The van der Waals surface area contributed by atoms with E-state index in [1.54, 1.807) is 7.05 Å². The first-order valence-electron chi connectivity index (χ1n) is 6.81. The summed E-state index contributed by atoms with van der Waals surface area (Å²) in [5.41, 5.74) is 3.82. The fourth-order valence-electron chi connectivity index (χ4n) is 2.65. The Morgan fingerprint density at radius 1 is 1.40 bits per heavy atom. The number of likely N-dealkylation sites (N-methyl/N-ethyl adjacent to an activating group) is 1. The standard InChI is InChI=1S/C15H19N3O2/c1-9-7-10(2)17(3)12(9)6-5-11-14(13-8-20-13)16-18(4)15(11)19/h5-7,9,13H,8H2,1-4H3/b11-5+,12-6-. The van der Waals surface area contributed by atoms with Crippen molar-refractivity contribution in [2.75, 3.05) is 20.7 Å². The molecular formula is C15H19N3O2. The zero-order chi connectivity index (χ0) is 14.4. The number of ether oxygens (including phenoxy) is 1. The van der Waals surface area contributed by atoms with Gasteiger partial charge in [0, 0.05) is 31.4 Å². The van der Waals surface area contributed by atoms with E-state index in [0.717, 1.165) is 5.71 Å². The van der Waals surface area contributed by atoms with Crippen molar-refractivity contribution in [2.45, 2.75) is 20.0 Å². The summed E-state index contributed by atoms with van der Waals surface area (Å²) >= 11 is 0. The summed E-state index contributed by atoms with van der Waals surface area (Å²) in [5.74, 6) is 0.300. The van der Waals surface area contributed by atoms with Gasteiger partial charge in [-0.2, -0.15) is 5.10 Å². The number of rotatable bonds is 2. The zero-order valence-corrected chi connectivity index (χ0v) is 12.3. The smallest absolute Gasteiger partial charge is 0.275 e. The van der Waals surface area contributed by atoms with Crippen molar-refractivity contribution in [2.24, 2.45) is 11.0 Å². The number of carbonyl (C=O) groups is 1. The summed E-state index contributed by atoms with van der Waals surface area (Å²) < 4.78 is 5.26. The van der Waals surface area contributed by atoms with E-state index in [1.165, 1.54) is 16.4 Å². The molecule has 3 aliphatic rings. The van der Waals surface area contributed by atoms with Crippen LogP contribution in [0.1, 0.15) is 13.8 Å². The Bertz CT molecular complexity index is 582. The maximum absolute atomic E-state index is 12.1. The van der Waals surface area contributed by atoms with Crippen LogP contribution in [-0.4, -0.2) is 48.3 Å². The number of carbonyl (C=O) groups excluding carboxylic acids is 1. The third-order valence-corrected chi connectivity index (χ3v) is 3.99. The van der Waals surface area contributed by atoms with Gasteiger partial charge in [-0.1, -0.05) is 13.0 Å². The van der Waals surface area contributed by atoms with Crippen LogP contribution in [0.2, 0.25) is 0 Å². The highest BCUT2D eigenvalue weighted by Gasteiger charge is 2.39. The molecule has 3 aliphatic heterocycles. The number of nitrogens with zero attached hydrogens (tertiary/aromatic N) is 3. The highest BCUT2D eigenvalue weighted by atomic mass is 16.6. The summed E-state index contributed by atoms with van der Waals surface area (Å²) in [6.45, 7) is 4.90. The Hall–Kier alpha value is -1.88. The zero-order valence-electron chi connectivity index (χ0n) is 12.3. The topological polar surface area (TPSA) is 48.4 Å². The SMILES string of the molecule is CC1=CC(C)/C(=C/C=C2/C(=O)N(C)N=C2C2CO2)N1C. The molecule has 0 N–H and O–H groups in total. The van der Waals surface area contributed by atoms with Crippen LogP contribution >= 0.6 is 0 Å². The number of hydrazone groups is 1. The third-order valence-electron chi connectivity index (χ3n) is 3.99. The summed E-state index contributed by atoms with van der Waals surface area (Å²) in [6, 6.07) is 0.